The Morgan fingerprint density at radius 3 is 1.31 bits per heavy atom. The first-order chi connectivity index (χ1) is 20.5. The number of hydrogen-bond acceptors (Lipinski definition) is 3. The van der Waals surface area contributed by atoms with Gasteiger partial charge in [-0.25, -0.2) is 0 Å². The second kappa shape index (κ2) is 27.9. The molecule has 0 aromatic heterocycles. The number of likely N-dealkylation sites (N-methyl/N-ethyl adjacent to an activating group) is 1. The summed E-state index contributed by atoms with van der Waals surface area (Å²) in [6.45, 7) is 7.59. The van der Waals surface area contributed by atoms with Gasteiger partial charge in [0.15, 0.2) is 5.79 Å². The molecule has 1 fully saturated rings. The quantitative estimate of drug-likeness (QED) is 0.0614. The zero-order valence-corrected chi connectivity index (χ0v) is 29.3. The van der Waals surface area contributed by atoms with Crippen molar-refractivity contribution >= 4 is 0 Å². The van der Waals surface area contributed by atoms with E-state index in [4.69, 9.17) is 9.47 Å². The standard InChI is InChI=1S/C39H75NO2/c1-6-8-10-12-14-16-18-20-22-24-26-28-30-32-34-39(41-36-38(42-39)37(3)40(4)5)35-33-31-29-27-25-23-21-19-17-15-13-11-9-7-2/h16-19,37-38H,6-15,20-36H2,1-5H3/b18-16-,19-17-/t37?,38-/m1/s1. The lowest BCUT2D eigenvalue weighted by molar-refractivity contribution is -0.183. The average Bonchev–Trinajstić information content (AvgIpc) is 3.41. The lowest BCUT2D eigenvalue weighted by atomic mass is 9.98. The SMILES string of the molecule is CCCCCC/C=C\CCCCCCCCC1(CCCCCCCC/C=C\CCCCCC)OC[C@H](C(C)N(C)C)O1. The van der Waals surface area contributed by atoms with Crippen LogP contribution in [-0.4, -0.2) is 43.5 Å². The van der Waals surface area contributed by atoms with Gasteiger partial charge in [-0.2, -0.15) is 0 Å². The summed E-state index contributed by atoms with van der Waals surface area (Å²) in [6.07, 6.45) is 44.0. The summed E-state index contributed by atoms with van der Waals surface area (Å²) < 4.78 is 13.2. The van der Waals surface area contributed by atoms with Crippen molar-refractivity contribution in [1.82, 2.24) is 4.90 Å². The number of unbranched alkanes of at least 4 members (excludes halogenated alkanes) is 20. The third kappa shape index (κ3) is 21.1. The van der Waals surface area contributed by atoms with Gasteiger partial charge in [-0.15, -0.1) is 0 Å². The van der Waals surface area contributed by atoms with E-state index in [0.717, 1.165) is 19.4 Å². The summed E-state index contributed by atoms with van der Waals surface area (Å²) in [4.78, 5) is 2.27. The molecule has 1 aliphatic rings. The van der Waals surface area contributed by atoms with Crippen molar-refractivity contribution in [3.05, 3.63) is 24.3 Å². The van der Waals surface area contributed by atoms with Crippen molar-refractivity contribution in [3.63, 3.8) is 0 Å². The van der Waals surface area contributed by atoms with Gasteiger partial charge in [0.2, 0.25) is 0 Å². The van der Waals surface area contributed by atoms with Gasteiger partial charge in [0.1, 0.15) is 0 Å². The van der Waals surface area contributed by atoms with Crippen LogP contribution in [0.5, 0.6) is 0 Å². The van der Waals surface area contributed by atoms with Crippen LogP contribution in [0.15, 0.2) is 24.3 Å². The number of rotatable bonds is 30. The third-order valence-electron chi connectivity index (χ3n) is 9.37. The van der Waals surface area contributed by atoms with Gasteiger partial charge in [-0.1, -0.05) is 128 Å². The summed E-state index contributed by atoms with van der Waals surface area (Å²) in [5.41, 5.74) is 0. The molecule has 2 atom stereocenters. The molecule has 0 aliphatic carbocycles. The zero-order chi connectivity index (χ0) is 30.6. The smallest absolute Gasteiger partial charge is 0.168 e. The van der Waals surface area contributed by atoms with E-state index < -0.39 is 0 Å². The van der Waals surface area contributed by atoms with Crippen molar-refractivity contribution in [2.24, 2.45) is 0 Å². The predicted octanol–water partition coefficient (Wildman–Crippen LogP) is 12.3. The molecule has 0 radical (unpaired) electrons. The van der Waals surface area contributed by atoms with Crippen LogP contribution >= 0.6 is 0 Å². The summed E-state index contributed by atoms with van der Waals surface area (Å²) in [5, 5.41) is 0. The lowest BCUT2D eigenvalue weighted by Gasteiger charge is -2.31. The van der Waals surface area contributed by atoms with Gasteiger partial charge in [-0.3, -0.25) is 0 Å². The first kappa shape index (κ1) is 39.4. The fraction of sp³-hybridized carbons (Fsp3) is 0.897. The van der Waals surface area contributed by atoms with Crippen LogP contribution in [0.4, 0.5) is 0 Å². The maximum atomic E-state index is 6.72. The van der Waals surface area contributed by atoms with E-state index in [0.29, 0.717) is 6.04 Å². The molecule has 0 aromatic carbocycles. The van der Waals surface area contributed by atoms with Crippen LogP contribution in [-0.2, 0) is 9.47 Å². The normalized spacial score (nSPS) is 17.8. The van der Waals surface area contributed by atoms with E-state index in [1.807, 2.05) is 0 Å². The Bertz CT molecular complexity index is 590. The fourth-order valence-corrected chi connectivity index (χ4v) is 6.11. The molecule has 1 saturated heterocycles. The number of nitrogens with zero attached hydrogens (tertiary/aromatic N) is 1. The highest BCUT2D eigenvalue weighted by Crippen LogP contribution is 2.36. The highest BCUT2D eigenvalue weighted by atomic mass is 16.7. The molecule has 0 saturated carbocycles. The second-order valence-electron chi connectivity index (χ2n) is 13.5. The Balaban J connectivity index is 2.19. The van der Waals surface area contributed by atoms with Gasteiger partial charge in [0.25, 0.3) is 0 Å². The minimum absolute atomic E-state index is 0.194. The Labute approximate surface area is 264 Å². The molecule has 1 aliphatic heterocycles. The highest BCUT2D eigenvalue weighted by molar-refractivity contribution is 4.85. The molecule has 248 valence electrons. The summed E-state index contributed by atoms with van der Waals surface area (Å²) in [6, 6.07) is 0.391. The summed E-state index contributed by atoms with van der Waals surface area (Å²) in [5.74, 6) is -0.335. The minimum Gasteiger partial charge on any atom is -0.347 e. The molecule has 0 bridgehead atoms. The first-order valence-corrected chi connectivity index (χ1v) is 18.8. The van der Waals surface area contributed by atoms with Crippen LogP contribution in [0.25, 0.3) is 0 Å². The van der Waals surface area contributed by atoms with Crippen LogP contribution in [0.3, 0.4) is 0 Å². The Hall–Kier alpha value is -0.640. The Morgan fingerprint density at radius 1 is 0.571 bits per heavy atom. The molecule has 42 heavy (non-hydrogen) atoms. The minimum atomic E-state index is -0.335. The molecule has 0 N–H and O–H groups in total. The van der Waals surface area contributed by atoms with E-state index in [1.165, 1.54) is 154 Å². The third-order valence-corrected chi connectivity index (χ3v) is 9.37. The van der Waals surface area contributed by atoms with Gasteiger partial charge in [-0.05, 0) is 85.2 Å². The topological polar surface area (TPSA) is 21.7 Å². The average molecular weight is 590 g/mol. The molecule has 0 amide bonds. The molecule has 3 heteroatoms. The van der Waals surface area contributed by atoms with Crippen LogP contribution in [0, 0.1) is 0 Å². The van der Waals surface area contributed by atoms with Gasteiger partial charge >= 0.3 is 0 Å². The van der Waals surface area contributed by atoms with Crippen molar-refractivity contribution < 1.29 is 9.47 Å². The molecule has 0 spiro atoms. The molecule has 1 heterocycles. The fourth-order valence-electron chi connectivity index (χ4n) is 6.11. The maximum Gasteiger partial charge on any atom is 0.168 e. The van der Waals surface area contributed by atoms with E-state index in [1.54, 1.807) is 0 Å². The van der Waals surface area contributed by atoms with Crippen molar-refractivity contribution in [3.8, 4) is 0 Å². The van der Waals surface area contributed by atoms with Crippen molar-refractivity contribution in [2.75, 3.05) is 20.7 Å². The molecule has 1 rings (SSSR count). The lowest BCUT2D eigenvalue weighted by Crippen LogP contribution is -2.40. The van der Waals surface area contributed by atoms with Crippen LogP contribution in [0.2, 0.25) is 0 Å². The van der Waals surface area contributed by atoms with Gasteiger partial charge in [0, 0.05) is 18.9 Å². The molecular formula is C39H75NO2. The molecule has 0 aromatic rings. The van der Waals surface area contributed by atoms with Gasteiger partial charge in [0.05, 0.1) is 12.7 Å². The number of ether oxygens (including phenoxy) is 2. The highest BCUT2D eigenvalue weighted by Gasteiger charge is 2.42. The number of allylic oxidation sites excluding steroid dienone is 4. The Kier molecular flexibility index (Phi) is 26.1. The van der Waals surface area contributed by atoms with E-state index in [2.05, 4.69) is 64.1 Å². The van der Waals surface area contributed by atoms with Crippen molar-refractivity contribution in [2.45, 2.75) is 206 Å². The predicted molar refractivity (Wildman–Crippen MR) is 186 cm³/mol. The van der Waals surface area contributed by atoms with Gasteiger partial charge < -0.3 is 14.4 Å². The Morgan fingerprint density at radius 2 is 0.929 bits per heavy atom. The summed E-state index contributed by atoms with van der Waals surface area (Å²) >= 11 is 0. The molecule has 3 nitrogen and oxygen atoms in total. The maximum absolute atomic E-state index is 6.72. The monoisotopic (exact) mass is 590 g/mol. The first-order valence-electron chi connectivity index (χ1n) is 18.8. The van der Waals surface area contributed by atoms with Crippen LogP contribution < -0.4 is 0 Å². The van der Waals surface area contributed by atoms with Crippen molar-refractivity contribution in [1.29, 1.82) is 0 Å². The van der Waals surface area contributed by atoms with E-state index in [-0.39, 0.29) is 11.9 Å². The second-order valence-corrected chi connectivity index (χ2v) is 13.5. The number of hydrogen-bond donors (Lipinski definition) is 0. The van der Waals surface area contributed by atoms with Crippen LogP contribution in [0.1, 0.15) is 188 Å². The largest absolute Gasteiger partial charge is 0.347 e. The molecule has 1 unspecified atom stereocenters. The van der Waals surface area contributed by atoms with E-state index in [9.17, 15) is 0 Å². The zero-order valence-electron chi connectivity index (χ0n) is 29.3. The molecular weight excluding hydrogens is 514 g/mol. The summed E-state index contributed by atoms with van der Waals surface area (Å²) in [7, 11) is 4.31. The van der Waals surface area contributed by atoms with E-state index >= 15 is 0 Å².